The van der Waals surface area contributed by atoms with Crippen LogP contribution in [0.2, 0.25) is 0 Å². The maximum absolute atomic E-state index is 13.1. The number of aliphatic hydroxyl groups is 2. The lowest BCUT2D eigenvalue weighted by Crippen LogP contribution is -2.46. The number of halogens is 2. The zero-order valence-electron chi connectivity index (χ0n) is 11.6. The van der Waals surface area contributed by atoms with Gasteiger partial charge in [0.2, 0.25) is 5.91 Å². The lowest BCUT2D eigenvalue weighted by atomic mass is 10.2. The Hall–Kier alpha value is -1.57. The molecule has 1 aromatic rings. The van der Waals surface area contributed by atoms with Crippen molar-refractivity contribution >= 4 is 11.6 Å². The molecule has 0 bridgehead atoms. The number of likely N-dealkylation sites (tertiary alicyclic amines) is 1. The minimum absolute atomic E-state index is 0.153. The van der Waals surface area contributed by atoms with Gasteiger partial charge in [0.25, 0.3) is 0 Å². The van der Waals surface area contributed by atoms with Crippen molar-refractivity contribution < 1.29 is 23.8 Å². The number of aliphatic hydroxyl groups excluding tert-OH is 2. The normalized spacial score (nSPS) is 24.0. The van der Waals surface area contributed by atoms with Crippen LogP contribution in [0.5, 0.6) is 0 Å². The average Bonchev–Trinajstić information content (AvgIpc) is 2.83. The van der Waals surface area contributed by atoms with E-state index in [1.807, 2.05) is 0 Å². The highest BCUT2D eigenvalue weighted by atomic mass is 19.2. The van der Waals surface area contributed by atoms with Gasteiger partial charge >= 0.3 is 0 Å². The number of anilines is 1. The Morgan fingerprint density at radius 2 is 2.19 bits per heavy atom. The van der Waals surface area contributed by atoms with Crippen LogP contribution in [0.1, 0.15) is 13.3 Å². The molecular formula is C14H18F2N2O3. The monoisotopic (exact) mass is 300 g/mol. The summed E-state index contributed by atoms with van der Waals surface area (Å²) in [4.78, 5) is 13.8. The lowest BCUT2D eigenvalue weighted by molar-refractivity contribution is -0.121. The van der Waals surface area contributed by atoms with E-state index in [1.54, 1.807) is 11.8 Å². The first-order chi connectivity index (χ1) is 9.92. The van der Waals surface area contributed by atoms with Crippen LogP contribution in [-0.4, -0.2) is 52.4 Å². The third-order valence-corrected chi connectivity index (χ3v) is 3.71. The molecule has 3 N–H and O–H groups in total. The molecule has 1 heterocycles. The molecule has 2 rings (SSSR count). The number of carbonyl (C=O) groups is 1. The predicted molar refractivity (Wildman–Crippen MR) is 72.7 cm³/mol. The molecule has 116 valence electrons. The van der Waals surface area contributed by atoms with Gasteiger partial charge < -0.3 is 15.5 Å². The summed E-state index contributed by atoms with van der Waals surface area (Å²) in [5, 5.41) is 21.4. The minimum atomic E-state index is -1.04. The summed E-state index contributed by atoms with van der Waals surface area (Å²) in [5.41, 5.74) is 0.158. The standard InChI is InChI=1S/C14H18F2N2O3/c1-8(18-6-11(20)5-10(18)7-19)14(21)17-9-2-3-12(15)13(16)4-9/h2-4,8,10-11,19-20H,5-7H2,1H3,(H,17,21). The van der Waals surface area contributed by atoms with Gasteiger partial charge in [-0.25, -0.2) is 8.78 Å². The highest BCUT2D eigenvalue weighted by Gasteiger charge is 2.36. The number of rotatable bonds is 4. The largest absolute Gasteiger partial charge is 0.395 e. The molecule has 0 aliphatic carbocycles. The molecule has 21 heavy (non-hydrogen) atoms. The van der Waals surface area contributed by atoms with Crippen LogP contribution in [0.15, 0.2) is 18.2 Å². The first-order valence-electron chi connectivity index (χ1n) is 6.73. The highest BCUT2D eigenvalue weighted by Crippen LogP contribution is 2.21. The molecule has 0 spiro atoms. The van der Waals surface area contributed by atoms with E-state index >= 15 is 0 Å². The zero-order valence-corrected chi connectivity index (χ0v) is 11.6. The second-order valence-corrected chi connectivity index (χ2v) is 5.22. The number of nitrogens with one attached hydrogen (secondary N) is 1. The van der Waals surface area contributed by atoms with Gasteiger partial charge in [-0.2, -0.15) is 0 Å². The van der Waals surface area contributed by atoms with Crippen LogP contribution in [0, 0.1) is 11.6 Å². The number of hydrogen-bond acceptors (Lipinski definition) is 4. The first kappa shape index (κ1) is 15.8. The predicted octanol–water partition coefficient (Wildman–Crippen LogP) is 0.719. The Morgan fingerprint density at radius 1 is 1.48 bits per heavy atom. The minimum Gasteiger partial charge on any atom is -0.395 e. The van der Waals surface area contributed by atoms with Crippen LogP contribution < -0.4 is 5.32 Å². The van der Waals surface area contributed by atoms with Crippen molar-refractivity contribution in [3.8, 4) is 0 Å². The molecule has 0 saturated carbocycles. The second kappa shape index (κ2) is 6.46. The Labute approximate surface area is 121 Å². The molecule has 3 atom stereocenters. The van der Waals surface area contributed by atoms with E-state index in [0.717, 1.165) is 12.1 Å². The molecule has 1 aliphatic rings. The second-order valence-electron chi connectivity index (χ2n) is 5.22. The molecule has 1 fully saturated rings. The van der Waals surface area contributed by atoms with E-state index in [9.17, 15) is 23.8 Å². The van der Waals surface area contributed by atoms with Crippen molar-refractivity contribution in [2.24, 2.45) is 0 Å². The van der Waals surface area contributed by atoms with Crippen molar-refractivity contribution in [2.75, 3.05) is 18.5 Å². The molecule has 1 amide bonds. The third kappa shape index (κ3) is 3.55. The van der Waals surface area contributed by atoms with Crippen molar-refractivity contribution in [1.82, 2.24) is 4.90 Å². The number of carbonyl (C=O) groups excluding carboxylic acids is 1. The molecular weight excluding hydrogens is 282 g/mol. The van der Waals surface area contributed by atoms with E-state index in [-0.39, 0.29) is 24.9 Å². The van der Waals surface area contributed by atoms with Crippen molar-refractivity contribution in [1.29, 1.82) is 0 Å². The summed E-state index contributed by atoms with van der Waals surface area (Å²) >= 11 is 0. The summed E-state index contributed by atoms with van der Waals surface area (Å²) in [6.45, 7) is 1.77. The molecule has 0 aromatic heterocycles. The summed E-state index contributed by atoms with van der Waals surface area (Å²) in [7, 11) is 0. The van der Waals surface area contributed by atoms with E-state index in [2.05, 4.69) is 5.32 Å². The number of nitrogens with zero attached hydrogens (tertiary/aromatic N) is 1. The number of hydrogen-bond donors (Lipinski definition) is 3. The lowest BCUT2D eigenvalue weighted by Gasteiger charge is -2.28. The Morgan fingerprint density at radius 3 is 2.81 bits per heavy atom. The topological polar surface area (TPSA) is 72.8 Å². The fraction of sp³-hybridized carbons (Fsp3) is 0.500. The number of benzene rings is 1. The molecule has 5 nitrogen and oxygen atoms in total. The van der Waals surface area contributed by atoms with Gasteiger partial charge in [-0.3, -0.25) is 9.69 Å². The Kier molecular flexibility index (Phi) is 4.87. The van der Waals surface area contributed by atoms with E-state index in [1.165, 1.54) is 6.07 Å². The molecule has 1 aromatic carbocycles. The van der Waals surface area contributed by atoms with E-state index < -0.39 is 29.7 Å². The van der Waals surface area contributed by atoms with E-state index in [4.69, 9.17) is 0 Å². The smallest absolute Gasteiger partial charge is 0.241 e. The van der Waals surface area contributed by atoms with Crippen molar-refractivity contribution in [3.05, 3.63) is 29.8 Å². The fourth-order valence-electron chi connectivity index (χ4n) is 2.54. The number of β-amino-alcohol motifs (C(OH)–C–C–N with tert-alkyl or cyclic N) is 1. The van der Waals surface area contributed by atoms with Gasteiger partial charge in [-0.05, 0) is 25.5 Å². The quantitative estimate of drug-likeness (QED) is 0.766. The first-order valence-corrected chi connectivity index (χ1v) is 6.73. The SMILES string of the molecule is CC(C(=O)Nc1ccc(F)c(F)c1)N1CC(O)CC1CO. The summed E-state index contributed by atoms with van der Waals surface area (Å²) in [5.74, 6) is -2.43. The van der Waals surface area contributed by atoms with Gasteiger partial charge in [0, 0.05) is 24.3 Å². The maximum atomic E-state index is 13.1. The van der Waals surface area contributed by atoms with Crippen LogP contribution in [0.4, 0.5) is 14.5 Å². The van der Waals surface area contributed by atoms with E-state index in [0.29, 0.717) is 6.42 Å². The summed E-state index contributed by atoms with van der Waals surface area (Å²) in [6, 6.07) is 2.22. The zero-order chi connectivity index (χ0) is 15.6. The van der Waals surface area contributed by atoms with Gasteiger partial charge in [0.15, 0.2) is 11.6 Å². The Bertz CT molecular complexity index is 527. The average molecular weight is 300 g/mol. The third-order valence-electron chi connectivity index (χ3n) is 3.71. The maximum Gasteiger partial charge on any atom is 0.241 e. The molecule has 0 radical (unpaired) electrons. The Balaban J connectivity index is 2.03. The van der Waals surface area contributed by atoms with Gasteiger partial charge in [-0.1, -0.05) is 0 Å². The fourth-order valence-corrected chi connectivity index (χ4v) is 2.54. The molecule has 1 saturated heterocycles. The van der Waals surface area contributed by atoms with Crippen LogP contribution in [0.3, 0.4) is 0 Å². The molecule has 1 aliphatic heterocycles. The van der Waals surface area contributed by atoms with Gasteiger partial charge in [0.05, 0.1) is 18.8 Å². The van der Waals surface area contributed by atoms with Crippen LogP contribution in [-0.2, 0) is 4.79 Å². The summed E-state index contributed by atoms with van der Waals surface area (Å²) < 4.78 is 25.9. The van der Waals surface area contributed by atoms with Gasteiger partial charge in [0.1, 0.15) is 0 Å². The van der Waals surface area contributed by atoms with Crippen molar-refractivity contribution in [2.45, 2.75) is 31.5 Å². The van der Waals surface area contributed by atoms with Crippen molar-refractivity contribution in [3.63, 3.8) is 0 Å². The number of amides is 1. The van der Waals surface area contributed by atoms with Crippen LogP contribution in [0.25, 0.3) is 0 Å². The van der Waals surface area contributed by atoms with Gasteiger partial charge in [-0.15, -0.1) is 0 Å². The molecule has 7 heteroatoms. The highest BCUT2D eigenvalue weighted by molar-refractivity contribution is 5.94. The summed E-state index contributed by atoms with van der Waals surface area (Å²) in [6.07, 6.45) is -0.181. The molecule has 3 unspecified atom stereocenters. The van der Waals surface area contributed by atoms with Crippen LogP contribution >= 0.6 is 0 Å².